The van der Waals surface area contributed by atoms with E-state index in [1.54, 1.807) is 17.0 Å². The Morgan fingerprint density at radius 3 is 2.67 bits per heavy atom. The van der Waals surface area contributed by atoms with Crippen molar-refractivity contribution in [2.24, 2.45) is 0 Å². The molecule has 0 radical (unpaired) electrons. The third kappa shape index (κ3) is 2.86. The van der Waals surface area contributed by atoms with Crippen LogP contribution in [0.2, 0.25) is 0 Å². The van der Waals surface area contributed by atoms with Crippen LogP contribution in [-0.2, 0) is 0 Å². The van der Waals surface area contributed by atoms with E-state index in [-0.39, 0.29) is 17.5 Å². The van der Waals surface area contributed by atoms with Crippen LogP contribution < -0.4 is 0 Å². The molecule has 1 aliphatic heterocycles. The van der Waals surface area contributed by atoms with Gasteiger partial charge in [0.2, 0.25) is 0 Å². The van der Waals surface area contributed by atoms with Crippen LogP contribution in [0.25, 0.3) is 0 Å². The second-order valence-corrected chi connectivity index (χ2v) is 6.11. The highest BCUT2D eigenvalue weighted by molar-refractivity contribution is 9.10. The van der Waals surface area contributed by atoms with Crippen molar-refractivity contribution >= 4 is 21.8 Å². The first-order valence-corrected chi connectivity index (χ1v) is 7.77. The highest BCUT2D eigenvalue weighted by Crippen LogP contribution is 2.33. The number of carbonyl (C=O) groups excluding carboxylic acids is 1. The first kappa shape index (κ1) is 14.3. The number of benzene rings is 2. The van der Waals surface area contributed by atoms with E-state index >= 15 is 0 Å². The number of hydrogen-bond donors (Lipinski definition) is 0. The summed E-state index contributed by atoms with van der Waals surface area (Å²) in [5.41, 5.74) is 1.25. The van der Waals surface area contributed by atoms with Crippen LogP contribution in [0, 0.1) is 5.82 Å². The SMILES string of the molecule is O=C(c1ccc(Br)cc1F)N1CCC[C@@H]1c1ccccc1. The highest BCUT2D eigenvalue weighted by atomic mass is 79.9. The van der Waals surface area contributed by atoms with Crippen LogP contribution >= 0.6 is 15.9 Å². The Morgan fingerprint density at radius 1 is 1.19 bits per heavy atom. The predicted molar refractivity (Wildman–Crippen MR) is 83.6 cm³/mol. The average Bonchev–Trinajstić information content (AvgIpc) is 2.97. The van der Waals surface area contributed by atoms with Crippen LogP contribution in [0.4, 0.5) is 4.39 Å². The summed E-state index contributed by atoms with van der Waals surface area (Å²) in [6, 6.07) is 14.6. The standard InChI is InChI=1S/C17H15BrFNO/c18-13-8-9-14(15(19)11-13)17(21)20-10-4-7-16(20)12-5-2-1-3-6-12/h1-3,5-6,8-9,11,16H,4,7,10H2/t16-/m1/s1. The van der Waals surface area contributed by atoms with Gasteiger partial charge < -0.3 is 4.90 Å². The monoisotopic (exact) mass is 347 g/mol. The van der Waals surface area contributed by atoms with E-state index in [0.717, 1.165) is 18.4 Å². The molecule has 0 bridgehead atoms. The lowest BCUT2D eigenvalue weighted by atomic mass is 10.0. The fraction of sp³-hybridized carbons (Fsp3) is 0.235. The number of likely N-dealkylation sites (tertiary alicyclic amines) is 1. The van der Waals surface area contributed by atoms with Crippen molar-refractivity contribution in [2.75, 3.05) is 6.54 Å². The zero-order valence-corrected chi connectivity index (χ0v) is 13.0. The molecular weight excluding hydrogens is 333 g/mol. The van der Waals surface area contributed by atoms with E-state index in [1.165, 1.54) is 6.07 Å². The zero-order valence-electron chi connectivity index (χ0n) is 11.4. The van der Waals surface area contributed by atoms with Gasteiger partial charge in [-0.2, -0.15) is 0 Å². The molecule has 1 aliphatic rings. The lowest BCUT2D eigenvalue weighted by Crippen LogP contribution is -2.31. The van der Waals surface area contributed by atoms with Gasteiger partial charge in [-0.3, -0.25) is 4.79 Å². The summed E-state index contributed by atoms with van der Waals surface area (Å²) in [6.07, 6.45) is 1.87. The fourth-order valence-corrected chi connectivity index (χ4v) is 3.18. The maximum Gasteiger partial charge on any atom is 0.257 e. The molecule has 21 heavy (non-hydrogen) atoms. The molecule has 0 aliphatic carbocycles. The van der Waals surface area contributed by atoms with Crippen molar-refractivity contribution in [1.82, 2.24) is 4.90 Å². The van der Waals surface area contributed by atoms with Gasteiger partial charge in [0.1, 0.15) is 5.82 Å². The summed E-state index contributed by atoms with van der Waals surface area (Å²) >= 11 is 3.21. The van der Waals surface area contributed by atoms with E-state index in [2.05, 4.69) is 15.9 Å². The van der Waals surface area contributed by atoms with Gasteiger partial charge >= 0.3 is 0 Å². The molecule has 0 saturated carbocycles. The van der Waals surface area contributed by atoms with E-state index < -0.39 is 5.82 Å². The molecule has 1 atom stereocenters. The molecule has 0 aromatic heterocycles. The molecule has 1 amide bonds. The lowest BCUT2D eigenvalue weighted by Gasteiger charge is -2.25. The first-order chi connectivity index (χ1) is 10.2. The van der Waals surface area contributed by atoms with E-state index in [1.807, 2.05) is 30.3 Å². The maximum atomic E-state index is 14.0. The molecule has 1 fully saturated rings. The van der Waals surface area contributed by atoms with Gasteiger partial charge in [-0.25, -0.2) is 4.39 Å². The molecule has 2 aromatic rings. The fourth-order valence-electron chi connectivity index (χ4n) is 2.85. The summed E-state index contributed by atoms with van der Waals surface area (Å²) in [5, 5.41) is 0. The molecule has 0 spiro atoms. The van der Waals surface area contributed by atoms with Gasteiger partial charge in [-0.15, -0.1) is 0 Å². The van der Waals surface area contributed by atoms with Gasteiger partial charge in [0.05, 0.1) is 11.6 Å². The molecule has 1 saturated heterocycles. The highest BCUT2D eigenvalue weighted by Gasteiger charge is 2.31. The molecule has 108 valence electrons. The Morgan fingerprint density at radius 2 is 1.95 bits per heavy atom. The number of carbonyl (C=O) groups is 1. The summed E-state index contributed by atoms with van der Waals surface area (Å²) < 4.78 is 14.6. The third-order valence-corrected chi connectivity index (χ3v) is 4.35. The molecule has 0 N–H and O–H groups in total. The summed E-state index contributed by atoms with van der Waals surface area (Å²) in [5.74, 6) is -0.709. The Kier molecular flexibility index (Phi) is 4.06. The van der Waals surface area contributed by atoms with Crippen LogP contribution in [0.1, 0.15) is 34.8 Å². The van der Waals surface area contributed by atoms with Crippen molar-refractivity contribution in [3.05, 3.63) is 69.9 Å². The molecule has 0 unspecified atom stereocenters. The average molecular weight is 348 g/mol. The Balaban J connectivity index is 1.90. The van der Waals surface area contributed by atoms with E-state index in [9.17, 15) is 9.18 Å². The van der Waals surface area contributed by atoms with Crippen LogP contribution in [-0.4, -0.2) is 17.4 Å². The third-order valence-electron chi connectivity index (χ3n) is 3.86. The Bertz CT molecular complexity index is 659. The minimum Gasteiger partial charge on any atom is -0.332 e. The van der Waals surface area contributed by atoms with Crippen molar-refractivity contribution in [3.8, 4) is 0 Å². The number of nitrogens with zero attached hydrogens (tertiary/aromatic N) is 1. The number of hydrogen-bond acceptors (Lipinski definition) is 1. The van der Waals surface area contributed by atoms with Gasteiger partial charge in [-0.1, -0.05) is 46.3 Å². The zero-order chi connectivity index (χ0) is 14.8. The molecule has 2 aromatic carbocycles. The quantitative estimate of drug-likeness (QED) is 0.779. The van der Waals surface area contributed by atoms with E-state index in [4.69, 9.17) is 0 Å². The molecule has 1 heterocycles. The topological polar surface area (TPSA) is 20.3 Å². The molecule has 2 nitrogen and oxygen atoms in total. The van der Waals surface area contributed by atoms with Gasteiger partial charge in [0.15, 0.2) is 0 Å². The normalized spacial score (nSPS) is 18.0. The molecular formula is C17H15BrFNO. The first-order valence-electron chi connectivity index (χ1n) is 6.98. The van der Waals surface area contributed by atoms with Gasteiger partial charge in [0.25, 0.3) is 5.91 Å². The molecule has 4 heteroatoms. The molecule has 3 rings (SSSR count). The summed E-state index contributed by atoms with van der Waals surface area (Å²) in [7, 11) is 0. The largest absolute Gasteiger partial charge is 0.332 e. The van der Waals surface area contributed by atoms with Crippen molar-refractivity contribution in [1.29, 1.82) is 0 Å². The van der Waals surface area contributed by atoms with E-state index in [0.29, 0.717) is 11.0 Å². The Labute approximate surface area is 131 Å². The van der Waals surface area contributed by atoms with Gasteiger partial charge in [-0.05, 0) is 36.6 Å². The number of halogens is 2. The summed E-state index contributed by atoms with van der Waals surface area (Å²) in [4.78, 5) is 14.4. The Hall–Kier alpha value is -1.68. The minimum atomic E-state index is -0.479. The van der Waals surface area contributed by atoms with Crippen molar-refractivity contribution in [3.63, 3.8) is 0 Å². The van der Waals surface area contributed by atoms with Crippen LogP contribution in [0.5, 0.6) is 0 Å². The van der Waals surface area contributed by atoms with Crippen LogP contribution in [0.3, 0.4) is 0 Å². The van der Waals surface area contributed by atoms with Crippen LogP contribution in [0.15, 0.2) is 53.0 Å². The lowest BCUT2D eigenvalue weighted by molar-refractivity contribution is 0.0731. The van der Waals surface area contributed by atoms with Crippen molar-refractivity contribution in [2.45, 2.75) is 18.9 Å². The summed E-state index contributed by atoms with van der Waals surface area (Å²) in [6.45, 7) is 0.675. The number of amides is 1. The second kappa shape index (κ2) is 5.98. The smallest absolute Gasteiger partial charge is 0.257 e. The number of rotatable bonds is 2. The minimum absolute atomic E-state index is 0.0433. The predicted octanol–water partition coefficient (Wildman–Crippen LogP) is 4.57. The van der Waals surface area contributed by atoms with Crippen molar-refractivity contribution < 1.29 is 9.18 Å². The second-order valence-electron chi connectivity index (χ2n) is 5.19. The van der Waals surface area contributed by atoms with Gasteiger partial charge in [0, 0.05) is 11.0 Å². The maximum absolute atomic E-state index is 14.0.